The number of nitrogens with two attached hydrogens (primary N) is 1. The summed E-state index contributed by atoms with van der Waals surface area (Å²) >= 11 is 0. The largest absolute Gasteiger partial charge is 0.327 e. The van der Waals surface area contributed by atoms with E-state index in [0.29, 0.717) is 0 Å². The maximum Gasteiger partial charge on any atom is 0.00771 e. The van der Waals surface area contributed by atoms with Gasteiger partial charge in [0.15, 0.2) is 0 Å². The van der Waals surface area contributed by atoms with E-state index >= 15 is 0 Å². The average molecular weight is 286 g/mol. The van der Waals surface area contributed by atoms with E-state index in [1.165, 1.54) is 27.1 Å². The predicted molar refractivity (Wildman–Crippen MR) is 90.7 cm³/mol. The van der Waals surface area contributed by atoms with E-state index in [0.717, 1.165) is 12.8 Å². The Morgan fingerprint density at radius 2 is 1.40 bits per heavy atom. The van der Waals surface area contributed by atoms with Crippen molar-refractivity contribution in [3.8, 4) is 0 Å². The van der Waals surface area contributed by atoms with Crippen LogP contribution in [0.3, 0.4) is 0 Å². The highest BCUT2D eigenvalue weighted by Crippen LogP contribution is 2.29. The minimum absolute atomic E-state index is 0. The number of halogens is 1. The minimum atomic E-state index is 0. The summed E-state index contributed by atoms with van der Waals surface area (Å²) in [5.74, 6) is 0. The maximum atomic E-state index is 6.19. The van der Waals surface area contributed by atoms with Gasteiger partial charge in [-0.25, -0.2) is 0 Å². The van der Waals surface area contributed by atoms with Crippen LogP contribution < -0.4 is 5.73 Å². The third-order valence-electron chi connectivity index (χ3n) is 3.87. The van der Waals surface area contributed by atoms with Gasteiger partial charge >= 0.3 is 0 Å². The monoisotopic (exact) mass is 285 g/mol. The second kappa shape index (κ2) is 6.25. The van der Waals surface area contributed by atoms with Crippen molar-refractivity contribution in [3.05, 3.63) is 60.2 Å². The first-order chi connectivity index (χ1) is 9.29. The second-order valence-corrected chi connectivity index (χ2v) is 5.17. The van der Waals surface area contributed by atoms with Crippen LogP contribution in [-0.2, 0) is 6.42 Å². The van der Waals surface area contributed by atoms with Crippen LogP contribution >= 0.6 is 12.4 Å². The molecule has 2 heteroatoms. The van der Waals surface area contributed by atoms with Crippen molar-refractivity contribution in [3.63, 3.8) is 0 Å². The van der Waals surface area contributed by atoms with E-state index in [1.807, 2.05) is 0 Å². The summed E-state index contributed by atoms with van der Waals surface area (Å²) in [6.45, 7) is 2.15. The molecule has 0 spiro atoms. The fourth-order valence-corrected chi connectivity index (χ4v) is 2.73. The molecule has 0 amide bonds. The first-order valence-corrected chi connectivity index (χ1v) is 6.94. The molecule has 2 N–H and O–H groups in total. The molecule has 0 aliphatic rings. The van der Waals surface area contributed by atoms with Crippen LogP contribution in [0.5, 0.6) is 0 Å². The number of hydrogen-bond donors (Lipinski definition) is 1. The molecule has 20 heavy (non-hydrogen) atoms. The Morgan fingerprint density at radius 3 is 1.90 bits per heavy atom. The van der Waals surface area contributed by atoms with Crippen LogP contribution in [0.2, 0.25) is 0 Å². The predicted octanol–water partition coefficient (Wildman–Crippen LogP) is 4.69. The highest BCUT2D eigenvalue weighted by atomic mass is 35.5. The normalized spacial score (nSPS) is 12.3. The van der Waals surface area contributed by atoms with Gasteiger partial charge < -0.3 is 5.73 Å². The molecule has 0 radical (unpaired) electrons. The van der Waals surface area contributed by atoms with E-state index in [9.17, 15) is 0 Å². The zero-order valence-electron chi connectivity index (χ0n) is 11.7. The molecule has 3 rings (SSSR count). The van der Waals surface area contributed by atoms with Crippen LogP contribution in [0, 0.1) is 0 Å². The molecular formula is C18H20ClN. The fourth-order valence-electron chi connectivity index (χ4n) is 2.73. The molecule has 0 saturated heterocycles. The molecule has 1 nitrogen and oxygen atoms in total. The van der Waals surface area contributed by atoms with Crippen LogP contribution in [0.15, 0.2) is 54.6 Å². The van der Waals surface area contributed by atoms with Crippen molar-refractivity contribution < 1.29 is 0 Å². The molecule has 0 heterocycles. The zero-order chi connectivity index (χ0) is 13.2. The second-order valence-electron chi connectivity index (χ2n) is 5.17. The zero-order valence-corrected chi connectivity index (χ0v) is 12.5. The highest BCUT2D eigenvalue weighted by molar-refractivity contribution is 6.02. The Hall–Kier alpha value is -1.57. The van der Waals surface area contributed by atoms with Gasteiger partial charge in [-0.2, -0.15) is 0 Å². The van der Waals surface area contributed by atoms with Crippen LogP contribution in [0.4, 0.5) is 0 Å². The SMILES string of the molecule is CCC(N)Cc1c2ccccc2cc2ccccc12.Cl. The van der Waals surface area contributed by atoms with Gasteiger partial charge in [0.1, 0.15) is 0 Å². The van der Waals surface area contributed by atoms with E-state index in [2.05, 4.69) is 61.5 Å². The minimum Gasteiger partial charge on any atom is -0.327 e. The third-order valence-corrected chi connectivity index (χ3v) is 3.87. The van der Waals surface area contributed by atoms with Gasteiger partial charge in [0.25, 0.3) is 0 Å². The molecule has 3 aromatic carbocycles. The topological polar surface area (TPSA) is 26.0 Å². The van der Waals surface area contributed by atoms with E-state index in [4.69, 9.17) is 5.73 Å². The average Bonchev–Trinajstić information content (AvgIpc) is 2.46. The lowest BCUT2D eigenvalue weighted by Crippen LogP contribution is -2.21. The number of fused-ring (bicyclic) bond motifs is 2. The van der Waals surface area contributed by atoms with Crippen molar-refractivity contribution in [2.24, 2.45) is 5.73 Å². The maximum absolute atomic E-state index is 6.19. The Bertz CT molecular complexity index is 667. The first kappa shape index (κ1) is 14.8. The summed E-state index contributed by atoms with van der Waals surface area (Å²) in [6, 6.07) is 19.7. The van der Waals surface area contributed by atoms with Gasteiger partial charge in [-0.05, 0) is 46.0 Å². The summed E-state index contributed by atoms with van der Waals surface area (Å²) in [5, 5.41) is 5.29. The van der Waals surface area contributed by atoms with E-state index in [-0.39, 0.29) is 18.4 Å². The van der Waals surface area contributed by atoms with Crippen molar-refractivity contribution in [2.45, 2.75) is 25.8 Å². The Balaban J connectivity index is 0.00000147. The Morgan fingerprint density at radius 1 is 0.900 bits per heavy atom. The molecular weight excluding hydrogens is 266 g/mol. The molecule has 1 unspecified atom stereocenters. The summed E-state index contributed by atoms with van der Waals surface area (Å²) in [6.07, 6.45) is 1.95. The number of hydrogen-bond acceptors (Lipinski definition) is 1. The van der Waals surface area contributed by atoms with Gasteiger partial charge in [0.2, 0.25) is 0 Å². The van der Waals surface area contributed by atoms with Crippen LogP contribution in [0.25, 0.3) is 21.5 Å². The van der Waals surface area contributed by atoms with Crippen molar-refractivity contribution in [1.82, 2.24) is 0 Å². The lowest BCUT2D eigenvalue weighted by Gasteiger charge is -2.15. The third kappa shape index (κ3) is 2.65. The molecule has 0 aromatic heterocycles. The lowest BCUT2D eigenvalue weighted by atomic mass is 9.92. The molecule has 1 atom stereocenters. The summed E-state index contributed by atoms with van der Waals surface area (Å²) in [5.41, 5.74) is 7.58. The summed E-state index contributed by atoms with van der Waals surface area (Å²) in [4.78, 5) is 0. The first-order valence-electron chi connectivity index (χ1n) is 6.94. The molecule has 0 bridgehead atoms. The molecule has 0 fully saturated rings. The van der Waals surface area contributed by atoms with Gasteiger partial charge in [-0.1, -0.05) is 55.5 Å². The van der Waals surface area contributed by atoms with Crippen molar-refractivity contribution in [1.29, 1.82) is 0 Å². The molecule has 0 aliphatic heterocycles. The lowest BCUT2D eigenvalue weighted by molar-refractivity contribution is 0.651. The number of rotatable bonds is 3. The standard InChI is InChI=1S/C18H19N.ClH/c1-2-15(19)12-18-16-9-5-3-7-13(16)11-14-8-4-6-10-17(14)18;/h3-11,15H,2,12,19H2,1H3;1H. The summed E-state index contributed by atoms with van der Waals surface area (Å²) in [7, 11) is 0. The molecule has 0 saturated carbocycles. The molecule has 104 valence electrons. The van der Waals surface area contributed by atoms with Crippen molar-refractivity contribution in [2.75, 3.05) is 0 Å². The quantitative estimate of drug-likeness (QED) is 0.694. The van der Waals surface area contributed by atoms with E-state index in [1.54, 1.807) is 0 Å². The van der Waals surface area contributed by atoms with Crippen LogP contribution in [-0.4, -0.2) is 6.04 Å². The smallest absolute Gasteiger partial charge is 0.00771 e. The van der Waals surface area contributed by atoms with Crippen LogP contribution in [0.1, 0.15) is 18.9 Å². The summed E-state index contributed by atoms with van der Waals surface area (Å²) < 4.78 is 0. The molecule has 3 aromatic rings. The molecule has 0 aliphatic carbocycles. The van der Waals surface area contributed by atoms with Gasteiger partial charge in [-0.3, -0.25) is 0 Å². The Labute approximate surface area is 126 Å². The highest BCUT2D eigenvalue weighted by Gasteiger charge is 2.10. The van der Waals surface area contributed by atoms with Gasteiger partial charge in [0, 0.05) is 6.04 Å². The fraction of sp³-hybridized carbons (Fsp3) is 0.222. The van der Waals surface area contributed by atoms with Gasteiger partial charge in [-0.15, -0.1) is 12.4 Å². The Kier molecular flexibility index (Phi) is 4.64. The van der Waals surface area contributed by atoms with E-state index < -0.39 is 0 Å². The number of benzene rings is 3. The van der Waals surface area contributed by atoms with Crippen molar-refractivity contribution >= 4 is 34.0 Å². The van der Waals surface area contributed by atoms with Gasteiger partial charge in [0.05, 0.1) is 0 Å².